The molecule has 10 heteroatoms. The van der Waals surface area contributed by atoms with Crippen LogP contribution in [0, 0.1) is 6.92 Å². The van der Waals surface area contributed by atoms with Crippen molar-refractivity contribution >= 4 is 27.5 Å². The summed E-state index contributed by atoms with van der Waals surface area (Å²) in [4.78, 5) is 35.3. The van der Waals surface area contributed by atoms with Crippen molar-refractivity contribution in [3.8, 4) is 0 Å². The Balaban J connectivity index is 1.48. The van der Waals surface area contributed by atoms with E-state index in [0.717, 1.165) is 16.9 Å². The van der Waals surface area contributed by atoms with Gasteiger partial charge in [-0.05, 0) is 37.1 Å². The normalized spacial score (nSPS) is 12.3. The Bertz CT molecular complexity index is 1330. The molecule has 9 nitrogen and oxygen atoms in total. The number of rotatable bonds is 12. The number of aromatic nitrogens is 2. The lowest BCUT2D eigenvalue weighted by atomic mass is 10.2. The molecule has 3 aromatic heterocycles. The predicted molar refractivity (Wildman–Crippen MR) is 136 cm³/mol. The second-order valence-electron chi connectivity index (χ2n) is 8.37. The number of nitrogens with one attached hydrogen (secondary N) is 1. The summed E-state index contributed by atoms with van der Waals surface area (Å²) in [5, 5.41) is 11.0. The number of aromatic amines is 1. The van der Waals surface area contributed by atoms with Crippen LogP contribution in [0.15, 0.2) is 57.9 Å². The van der Waals surface area contributed by atoms with Crippen molar-refractivity contribution in [2.45, 2.75) is 39.6 Å². The lowest BCUT2D eigenvalue weighted by Crippen LogP contribution is -2.35. The van der Waals surface area contributed by atoms with Gasteiger partial charge in [0.05, 0.1) is 50.7 Å². The van der Waals surface area contributed by atoms with Gasteiger partial charge in [0.15, 0.2) is 0 Å². The molecule has 4 aromatic rings. The van der Waals surface area contributed by atoms with Crippen molar-refractivity contribution in [3.63, 3.8) is 0 Å². The molecule has 1 aromatic carbocycles. The first kappa shape index (κ1) is 25.8. The molecule has 1 atom stereocenters. The second kappa shape index (κ2) is 12.1. The number of H-pyrrole nitrogens is 1. The fourth-order valence-corrected chi connectivity index (χ4v) is 5.01. The molecule has 190 valence electrons. The van der Waals surface area contributed by atoms with E-state index in [1.165, 1.54) is 0 Å². The maximum Gasteiger partial charge on any atom is 0.348 e. The van der Waals surface area contributed by atoms with Gasteiger partial charge in [-0.15, -0.1) is 11.3 Å². The maximum absolute atomic E-state index is 12.9. The number of ether oxygens (including phenoxy) is 2. The van der Waals surface area contributed by atoms with Gasteiger partial charge in [0.2, 0.25) is 0 Å². The molecule has 0 bridgehead atoms. The summed E-state index contributed by atoms with van der Waals surface area (Å²) >= 11 is 1.14. The smallest absolute Gasteiger partial charge is 0.348 e. The van der Waals surface area contributed by atoms with E-state index in [9.17, 15) is 14.7 Å². The maximum atomic E-state index is 12.9. The van der Waals surface area contributed by atoms with E-state index in [2.05, 4.69) is 9.97 Å². The molecule has 0 aliphatic rings. The van der Waals surface area contributed by atoms with Crippen molar-refractivity contribution < 1.29 is 23.8 Å². The van der Waals surface area contributed by atoms with Crippen molar-refractivity contribution in [2.24, 2.45) is 0 Å². The highest BCUT2D eigenvalue weighted by atomic mass is 32.1. The third kappa shape index (κ3) is 6.46. The molecular weight excluding hydrogens is 482 g/mol. The highest BCUT2D eigenvalue weighted by Crippen LogP contribution is 2.27. The number of carbonyl (C=O) groups is 1. The van der Waals surface area contributed by atoms with Gasteiger partial charge in [0, 0.05) is 6.54 Å². The molecule has 0 fully saturated rings. The van der Waals surface area contributed by atoms with Gasteiger partial charge < -0.3 is 24.0 Å². The Labute approximate surface area is 212 Å². The summed E-state index contributed by atoms with van der Waals surface area (Å²) in [6.45, 7) is 5.20. The lowest BCUT2D eigenvalue weighted by Gasteiger charge is -2.23. The van der Waals surface area contributed by atoms with Crippen LogP contribution in [0.25, 0.3) is 10.2 Å². The van der Waals surface area contributed by atoms with Crippen molar-refractivity contribution in [2.75, 3.05) is 19.8 Å². The second-order valence-corrected chi connectivity index (χ2v) is 9.37. The number of nitrogens with zero attached hydrogens (tertiary/aromatic N) is 2. The van der Waals surface area contributed by atoms with E-state index in [-0.39, 0.29) is 31.9 Å². The molecule has 0 radical (unpaired) electrons. The molecule has 4 rings (SSSR count). The molecule has 0 spiro atoms. The van der Waals surface area contributed by atoms with E-state index in [1.807, 2.05) is 41.3 Å². The first-order chi connectivity index (χ1) is 17.4. The van der Waals surface area contributed by atoms with Gasteiger partial charge in [0.25, 0.3) is 5.56 Å². The number of thiophene rings is 1. The molecule has 0 saturated carbocycles. The van der Waals surface area contributed by atoms with Crippen LogP contribution in [-0.4, -0.2) is 51.8 Å². The van der Waals surface area contributed by atoms with Crippen LogP contribution in [-0.2, 0) is 29.2 Å². The molecule has 1 unspecified atom stereocenters. The molecular formula is C26H29N3O6S. The van der Waals surface area contributed by atoms with Gasteiger partial charge in [-0.2, -0.15) is 0 Å². The van der Waals surface area contributed by atoms with E-state index in [1.54, 1.807) is 26.2 Å². The predicted octanol–water partition coefficient (Wildman–Crippen LogP) is 3.64. The Kier molecular flexibility index (Phi) is 8.65. The number of carbonyl (C=O) groups excluding carboxylic acids is 1. The number of fused-ring (bicyclic) bond motifs is 1. The van der Waals surface area contributed by atoms with Crippen molar-refractivity contribution in [1.29, 1.82) is 0 Å². The van der Waals surface area contributed by atoms with E-state index < -0.39 is 12.1 Å². The molecule has 0 aliphatic carbocycles. The average molecular weight is 512 g/mol. The minimum Gasteiger partial charge on any atom is -0.468 e. The largest absolute Gasteiger partial charge is 0.468 e. The Morgan fingerprint density at radius 1 is 1.22 bits per heavy atom. The average Bonchev–Trinajstić information content (AvgIpc) is 3.47. The van der Waals surface area contributed by atoms with Gasteiger partial charge >= 0.3 is 5.97 Å². The highest BCUT2D eigenvalue weighted by Gasteiger charge is 2.21. The third-order valence-electron chi connectivity index (χ3n) is 5.53. The van der Waals surface area contributed by atoms with Crippen LogP contribution in [0.3, 0.4) is 0 Å². The number of aryl methyl sites for hydroxylation is 1. The van der Waals surface area contributed by atoms with Crippen molar-refractivity contribution in [1.82, 2.24) is 14.9 Å². The zero-order valence-electron chi connectivity index (χ0n) is 20.2. The van der Waals surface area contributed by atoms with E-state index >= 15 is 0 Å². The summed E-state index contributed by atoms with van der Waals surface area (Å²) in [7, 11) is 0. The van der Waals surface area contributed by atoms with E-state index in [4.69, 9.17) is 13.9 Å². The number of benzene rings is 1. The zero-order valence-corrected chi connectivity index (χ0v) is 21.0. The Hall–Kier alpha value is -3.31. The third-order valence-corrected chi connectivity index (χ3v) is 6.70. The lowest BCUT2D eigenvalue weighted by molar-refractivity contribution is 0.00572. The number of esters is 1. The number of aliphatic hydroxyl groups is 1. The molecule has 0 amide bonds. The van der Waals surface area contributed by atoms with Crippen molar-refractivity contribution in [3.05, 3.63) is 86.7 Å². The highest BCUT2D eigenvalue weighted by molar-refractivity contribution is 7.20. The molecule has 0 saturated heterocycles. The van der Waals surface area contributed by atoms with Gasteiger partial charge in [-0.25, -0.2) is 9.78 Å². The monoisotopic (exact) mass is 511 g/mol. The van der Waals surface area contributed by atoms with Crippen LogP contribution in [0.2, 0.25) is 0 Å². The number of hydrogen-bond donors (Lipinski definition) is 2. The quantitative estimate of drug-likeness (QED) is 0.277. The minimum atomic E-state index is -0.765. The first-order valence-corrected chi connectivity index (χ1v) is 12.5. The number of aliphatic hydroxyl groups excluding tert-OH is 1. The topological polar surface area (TPSA) is 118 Å². The summed E-state index contributed by atoms with van der Waals surface area (Å²) in [5.41, 5.74) is 1.27. The Morgan fingerprint density at radius 2 is 2.03 bits per heavy atom. The number of furan rings is 1. The standard InChI is InChI=1S/C26H29N3O6S/c1-3-34-26(32)23-17(2)22-24(31)27-21(28-25(22)36-23)14-29(13-20-10-7-11-35-20)12-19(30)16-33-15-18-8-5-4-6-9-18/h4-11,19,30H,3,12-16H2,1-2H3,(H,27,28,31). The van der Waals surface area contributed by atoms with Crippen LogP contribution in [0.4, 0.5) is 0 Å². The van der Waals surface area contributed by atoms with Gasteiger partial charge in [0.1, 0.15) is 21.3 Å². The fourth-order valence-electron chi connectivity index (χ4n) is 3.91. The summed E-state index contributed by atoms with van der Waals surface area (Å²) in [5.74, 6) is 0.678. The fraction of sp³-hybridized carbons (Fsp3) is 0.346. The first-order valence-electron chi connectivity index (χ1n) is 11.7. The van der Waals surface area contributed by atoms with Gasteiger partial charge in [-0.3, -0.25) is 9.69 Å². The molecule has 3 heterocycles. The summed E-state index contributed by atoms with van der Waals surface area (Å²) < 4.78 is 16.3. The number of hydrogen-bond acceptors (Lipinski definition) is 9. The van der Waals surface area contributed by atoms with Crippen LogP contribution >= 0.6 is 11.3 Å². The van der Waals surface area contributed by atoms with Crippen LogP contribution < -0.4 is 5.56 Å². The minimum absolute atomic E-state index is 0.152. The van der Waals surface area contributed by atoms with E-state index in [0.29, 0.717) is 45.4 Å². The SMILES string of the molecule is CCOC(=O)c1sc2nc(CN(Cc3ccco3)CC(O)COCc3ccccc3)[nH]c(=O)c2c1C. The summed E-state index contributed by atoms with van der Waals surface area (Å²) in [6, 6.07) is 13.4. The molecule has 0 aliphatic heterocycles. The van der Waals surface area contributed by atoms with Crippen LogP contribution in [0.1, 0.15) is 39.3 Å². The molecule has 2 N–H and O–H groups in total. The Morgan fingerprint density at radius 3 is 2.75 bits per heavy atom. The molecule has 36 heavy (non-hydrogen) atoms. The van der Waals surface area contributed by atoms with Gasteiger partial charge in [-0.1, -0.05) is 30.3 Å². The zero-order chi connectivity index (χ0) is 25.5. The van der Waals surface area contributed by atoms with Crippen LogP contribution in [0.5, 0.6) is 0 Å². The summed E-state index contributed by atoms with van der Waals surface area (Å²) in [6.07, 6.45) is 0.822.